The molecule has 84 valence electrons. The van der Waals surface area contributed by atoms with Crippen LogP contribution in [0.25, 0.3) is 0 Å². The molecule has 0 fully saturated rings. The van der Waals surface area contributed by atoms with Crippen LogP contribution in [-0.2, 0) is 4.79 Å². The van der Waals surface area contributed by atoms with Crippen molar-refractivity contribution in [1.82, 2.24) is 0 Å². The minimum atomic E-state index is -0.859. The fraction of sp³-hybridized carbons (Fsp3) is 0.900. The lowest BCUT2D eigenvalue weighted by atomic mass is 9.76. The highest BCUT2D eigenvalue weighted by atomic mass is 16.4. The molecule has 0 aromatic rings. The summed E-state index contributed by atoms with van der Waals surface area (Å²) in [6.07, 6.45) is 2.52. The Labute approximate surface area is 84.6 Å². The van der Waals surface area contributed by atoms with Crippen molar-refractivity contribution in [2.45, 2.75) is 39.0 Å². The van der Waals surface area contributed by atoms with Gasteiger partial charge in [0, 0.05) is 13.2 Å². The molecule has 0 aliphatic carbocycles. The molecule has 0 aliphatic rings. The summed E-state index contributed by atoms with van der Waals surface area (Å²) in [7, 11) is 0. The number of aliphatic hydroxyl groups is 2. The fourth-order valence-electron chi connectivity index (χ4n) is 1.81. The van der Waals surface area contributed by atoms with Crippen LogP contribution >= 0.6 is 0 Å². The lowest BCUT2D eigenvalue weighted by molar-refractivity contribution is -0.151. The molecule has 0 rings (SSSR count). The number of aliphatic hydroxyl groups excluding tert-OH is 2. The van der Waals surface area contributed by atoms with Crippen LogP contribution in [0.15, 0.2) is 0 Å². The van der Waals surface area contributed by atoms with Gasteiger partial charge in [-0.15, -0.1) is 0 Å². The van der Waals surface area contributed by atoms with E-state index in [1.165, 1.54) is 0 Å². The summed E-state index contributed by atoms with van der Waals surface area (Å²) in [5.41, 5.74) is -0.841. The Kier molecular flexibility index (Phi) is 6.49. The van der Waals surface area contributed by atoms with E-state index in [0.29, 0.717) is 19.3 Å². The van der Waals surface area contributed by atoms with Crippen molar-refractivity contribution in [2.24, 2.45) is 5.41 Å². The van der Waals surface area contributed by atoms with Gasteiger partial charge in [-0.1, -0.05) is 13.3 Å². The van der Waals surface area contributed by atoms with Gasteiger partial charge >= 0.3 is 5.97 Å². The molecule has 0 aromatic carbocycles. The molecule has 0 bridgehead atoms. The van der Waals surface area contributed by atoms with Gasteiger partial charge in [0.1, 0.15) is 0 Å². The zero-order valence-electron chi connectivity index (χ0n) is 8.70. The summed E-state index contributed by atoms with van der Waals surface area (Å²) in [5, 5.41) is 26.7. The maximum absolute atomic E-state index is 11.1. The van der Waals surface area contributed by atoms with Crippen LogP contribution in [0.5, 0.6) is 0 Å². The second-order valence-electron chi connectivity index (χ2n) is 3.64. The van der Waals surface area contributed by atoms with Crippen molar-refractivity contribution in [2.75, 3.05) is 13.2 Å². The number of carboxylic acids is 1. The van der Waals surface area contributed by atoms with Gasteiger partial charge in [0.2, 0.25) is 0 Å². The van der Waals surface area contributed by atoms with Crippen molar-refractivity contribution in [1.29, 1.82) is 0 Å². The van der Waals surface area contributed by atoms with Crippen LogP contribution in [0, 0.1) is 5.41 Å². The maximum Gasteiger partial charge on any atom is 0.309 e. The number of hydrogen-bond donors (Lipinski definition) is 3. The van der Waals surface area contributed by atoms with Gasteiger partial charge in [0.25, 0.3) is 0 Å². The predicted molar refractivity (Wildman–Crippen MR) is 53.0 cm³/mol. The molecular formula is C10H20O4. The summed E-state index contributed by atoms with van der Waals surface area (Å²) in [6, 6.07) is 0. The molecule has 4 heteroatoms. The first-order valence-electron chi connectivity index (χ1n) is 5.08. The third kappa shape index (κ3) is 3.64. The molecule has 4 nitrogen and oxygen atoms in total. The standard InChI is InChI=1S/C10H20O4/c1-2-4-10(6-8-12,9(13)14)5-3-7-11/h11-12H,2-8H2,1H3,(H,13,14). The molecule has 1 unspecified atom stereocenters. The molecule has 0 heterocycles. The van der Waals surface area contributed by atoms with Crippen molar-refractivity contribution in [3.05, 3.63) is 0 Å². The highest BCUT2D eigenvalue weighted by Crippen LogP contribution is 2.33. The lowest BCUT2D eigenvalue weighted by Gasteiger charge is -2.28. The van der Waals surface area contributed by atoms with E-state index in [-0.39, 0.29) is 19.6 Å². The average molecular weight is 204 g/mol. The second-order valence-corrected chi connectivity index (χ2v) is 3.64. The van der Waals surface area contributed by atoms with Crippen LogP contribution in [0.1, 0.15) is 39.0 Å². The summed E-state index contributed by atoms with van der Waals surface area (Å²) in [5.74, 6) is -0.859. The fourth-order valence-corrected chi connectivity index (χ4v) is 1.81. The molecule has 14 heavy (non-hydrogen) atoms. The van der Waals surface area contributed by atoms with E-state index in [1.54, 1.807) is 0 Å². The number of carbonyl (C=O) groups is 1. The Morgan fingerprint density at radius 1 is 1.14 bits per heavy atom. The lowest BCUT2D eigenvalue weighted by Crippen LogP contribution is -2.32. The third-order valence-corrected chi connectivity index (χ3v) is 2.59. The molecule has 3 N–H and O–H groups in total. The van der Waals surface area contributed by atoms with E-state index >= 15 is 0 Å². The summed E-state index contributed by atoms with van der Waals surface area (Å²) in [4.78, 5) is 11.1. The average Bonchev–Trinajstić information content (AvgIpc) is 2.14. The van der Waals surface area contributed by atoms with Crippen molar-refractivity contribution < 1.29 is 20.1 Å². The Morgan fingerprint density at radius 2 is 1.79 bits per heavy atom. The summed E-state index contributed by atoms with van der Waals surface area (Å²) in [6.45, 7) is 1.82. The first kappa shape index (κ1) is 13.4. The second kappa shape index (κ2) is 6.79. The molecule has 0 saturated heterocycles. The van der Waals surface area contributed by atoms with Crippen LogP contribution < -0.4 is 0 Å². The van der Waals surface area contributed by atoms with Gasteiger partial charge in [0.15, 0.2) is 0 Å². The van der Waals surface area contributed by atoms with E-state index in [4.69, 9.17) is 15.3 Å². The van der Waals surface area contributed by atoms with Gasteiger partial charge in [-0.05, 0) is 25.7 Å². The quantitative estimate of drug-likeness (QED) is 0.551. The molecule has 0 spiro atoms. The first-order chi connectivity index (χ1) is 6.63. The summed E-state index contributed by atoms with van der Waals surface area (Å²) >= 11 is 0. The van der Waals surface area contributed by atoms with Gasteiger partial charge in [-0.2, -0.15) is 0 Å². The molecule has 1 atom stereocenters. The minimum absolute atomic E-state index is 0.00414. The van der Waals surface area contributed by atoms with Gasteiger partial charge in [0.05, 0.1) is 5.41 Å². The van der Waals surface area contributed by atoms with Gasteiger partial charge < -0.3 is 15.3 Å². The monoisotopic (exact) mass is 204 g/mol. The smallest absolute Gasteiger partial charge is 0.309 e. The van der Waals surface area contributed by atoms with E-state index < -0.39 is 11.4 Å². The number of hydrogen-bond acceptors (Lipinski definition) is 3. The third-order valence-electron chi connectivity index (χ3n) is 2.59. The number of carboxylic acid groups (broad SMARTS) is 1. The molecule has 0 aromatic heterocycles. The number of rotatable bonds is 8. The molecule has 0 radical (unpaired) electrons. The van der Waals surface area contributed by atoms with Crippen molar-refractivity contribution in [3.8, 4) is 0 Å². The Bertz CT molecular complexity index is 162. The first-order valence-corrected chi connectivity index (χ1v) is 5.08. The summed E-state index contributed by atoms with van der Waals surface area (Å²) < 4.78 is 0. The zero-order valence-corrected chi connectivity index (χ0v) is 8.70. The number of aliphatic carboxylic acids is 1. The Balaban J connectivity index is 4.46. The van der Waals surface area contributed by atoms with Crippen molar-refractivity contribution >= 4 is 5.97 Å². The predicted octanol–water partition coefficient (Wildman–Crippen LogP) is 1.01. The molecule has 0 aliphatic heterocycles. The Morgan fingerprint density at radius 3 is 2.14 bits per heavy atom. The normalized spacial score (nSPS) is 15.1. The van der Waals surface area contributed by atoms with E-state index in [1.807, 2.05) is 6.92 Å². The van der Waals surface area contributed by atoms with E-state index in [9.17, 15) is 4.79 Å². The minimum Gasteiger partial charge on any atom is -0.481 e. The Hall–Kier alpha value is -0.610. The van der Waals surface area contributed by atoms with Gasteiger partial charge in [-0.25, -0.2) is 0 Å². The van der Waals surface area contributed by atoms with Crippen LogP contribution in [0.3, 0.4) is 0 Å². The van der Waals surface area contributed by atoms with Crippen LogP contribution in [0.4, 0.5) is 0 Å². The zero-order chi connectivity index (χ0) is 11.0. The van der Waals surface area contributed by atoms with Crippen molar-refractivity contribution in [3.63, 3.8) is 0 Å². The highest BCUT2D eigenvalue weighted by molar-refractivity contribution is 5.74. The molecule has 0 amide bonds. The molecular weight excluding hydrogens is 184 g/mol. The van der Waals surface area contributed by atoms with Gasteiger partial charge in [-0.3, -0.25) is 4.79 Å². The van der Waals surface area contributed by atoms with E-state index in [0.717, 1.165) is 6.42 Å². The van der Waals surface area contributed by atoms with Crippen LogP contribution in [0.2, 0.25) is 0 Å². The highest BCUT2D eigenvalue weighted by Gasteiger charge is 2.36. The van der Waals surface area contributed by atoms with E-state index in [2.05, 4.69) is 0 Å². The molecule has 0 saturated carbocycles. The largest absolute Gasteiger partial charge is 0.481 e. The SMILES string of the molecule is CCCC(CCO)(CCCO)C(=O)O. The maximum atomic E-state index is 11.1. The topological polar surface area (TPSA) is 77.8 Å². The van der Waals surface area contributed by atoms with Crippen LogP contribution in [-0.4, -0.2) is 34.5 Å².